The molecule has 3 heterocycles. The number of carbonyl (C=O) groups excluding carboxylic acids is 1. The van der Waals surface area contributed by atoms with Gasteiger partial charge in [-0.3, -0.25) is 9.78 Å². The van der Waals surface area contributed by atoms with Gasteiger partial charge >= 0.3 is 0 Å². The molecule has 158 valence electrons. The van der Waals surface area contributed by atoms with Gasteiger partial charge in [-0.25, -0.2) is 4.98 Å². The van der Waals surface area contributed by atoms with Gasteiger partial charge in [-0.2, -0.15) is 0 Å². The minimum absolute atomic E-state index is 0.0391. The van der Waals surface area contributed by atoms with E-state index in [0.29, 0.717) is 24.0 Å². The summed E-state index contributed by atoms with van der Waals surface area (Å²) in [5, 5.41) is 10.1. The van der Waals surface area contributed by atoms with Crippen molar-refractivity contribution in [3.8, 4) is 0 Å². The van der Waals surface area contributed by atoms with Crippen LogP contribution in [0.5, 0.6) is 0 Å². The van der Waals surface area contributed by atoms with Crippen molar-refractivity contribution in [1.29, 1.82) is 0 Å². The van der Waals surface area contributed by atoms with Crippen LogP contribution < -0.4 is 16.0 Å². The van der Waals surface area contributed by atoms with E-state index < -0.39 is 0 Å². The van der Waals surface area contributed by atoms with E-state index >= 15 is 0 Å². The van der Waals surface area contributed by atoms with Crippen LogP contribution in [-0.2, 0) is 11.3 Å². The predicted octanol–water partition coefficient (Wildman–Crippen LogP) is 2.55. The number of amides is 1. The second kappa shape index (κ2) is 10.1. The van der Waals surface area contributed by atoms with E-state index in [9.17, 15) is 4.79 Å². The molecule has 1 saturated heterocycles. The molecule has 0 radical (unpaired) electrons. The van der Waals surface area contributed by atoms with Gasteiger partial charge in [-0.1, -0.05) is 6.58 Å². The number of nitrogens with zero attached hydrogens (tertiary/aromatic N) is 4. The lowest BCUT2D eigenvalue weighted by Gasteiger charge is -2.18. The average molecular weight is 426 g/mol. The van der Waals surface area contributed by atoms with Gasteiger partial charge in [-0.05, 0) is 68.6 Å². The second-order valence-corrected chi connectivity index (χ2v) is 7.83. The van der Waals surface area contributed by atoms with Gasteiger partial charge in [0.25, 0.3) is 0 Å². The molecule has 3 rings (SSSR count). The number of aromatic nitrogens is 2. The van der Waals surface area contributed by atoms with Crippen LogP contribution in [0.15, 0.2) is 49.3 Å². The van der Waals surface area contributed by atoms with Crippen molar-refractivity contribution in [2.24, 2.45) is 0 Å². The Morgan fingerprint density at radius 2 is 2.17 bits per heavy atom. The summed E-state index contributed by atoms with van der Waals surface area (Å²) in [5.41, 5.74) is 1.90. The maximum absolute atomic E-state index is 11.8. The van der Waals surface area contributed by atoms with Gasteiger partial charge in [0.1, 0.15) is 11.6 Å². The minimum Gasteiger partial charge on any atom is -0.365 e. The first kappa shape index (κ1) is 21.7. The normalized spacial score (nSPS) is 15.7. The van der Waals surface area contributed by atoms with Crippen LogP contribution in [0.2, 0.25) is 0 Å². The molecule has 0 saturated carbocycles. The molecule has 3 N–H and O–H groups in total. The summed E-state index contributed by atoms with van der Waals surface area (Å²) >= 11 is 5.42. The molecule has 1 atom stereocenters. The molecule has 0 aliphatic carbocycles. The Morgan fingerprint density at radius 1 is 1.37 bits per heavy atom. The predicted molar refractivity (Wildman–Crippen MR) is 125 cm³/mol. The van der Waals surface area contributed by atoms with Gasteiger partial charge in [0, 0.05) is 31.9 Å². The van der Waals surface area contributed by atoms with E-state index in [1.165, 1.54) is 6.08 Å². The summed E-state index contributed by atoms with van der Waals surface area (Å²) in [6.07, 6.45) is 5.63. The van der Waals surface area contributed by atoms with E-state index in [-0.39, 0.29) is 11.9 Å². The summed E-state index contributed by atoms with van der Waals surface area (Å²) in [7, 11) is 4.04. The first-order valence-corrected chi connectivity index (χ1v) is 10.2. The van der Waals surface area contributed by atoms with Gasteiger partial charge in [-0.15, -0.1) is 0 Å². The quantitative estimate of drug-likeness (QED) is 0.461. The van der Waals surface area contributed by atoms with E-state index in [1.54, 1.807) is 17.3 Å². The summed E-state index contributed by atoms with van der Waals surface area (Å²) in [6.45, 7) is 5.67. The van der Waals surface area contributed by atoms with Crippen molar-refractivity contribution >= 4 is 40.6 Å². The lowest BCUT2D eigenvalue weighted by molar-refractivity contribution is -0.125. The highest BCUT2D eigenvalue weighted by molar-refractivity contribution is 7.80. The molecule has 0 aromatic carbocycles. The molecule has 0 bridgehead atoms. The maximum Gasteiger partial charge on any atom is 0.246 e. The topological polar surface area (TPSA) is 85.4 Å². The molecule has 2 aromatic heterocycles. The standard InChI is InChI=1S/C21H27N7OS/c1-4-20(29)28-9-7-17(14-28)23-18-10-15(13-27(2)3)11-19(25-18)26-21(30)24-16-6-5-8-22-12-16/h4-6,8,10-12,17H,1,7,9,13-14H2,2-3H3,(H3,23,24,25,26,30)/t17-/m0/s1. The molecule has 8 nitrogen and oxygen atoms in total. The van der Waals surface area contributed by atoms with Crippen molar-refractivity contribution in [2.45, 2.75) is 19.0 Å². The molecule has 30 heavy (non-hydrogen) atoms. The van der Waals surface area contributed by atoms with Crippen LogP contribution in [-0.4, -0.2) is 64.0 Å². The maximum atomic E-state index is 11.8. The third-order valence-electron chi connectivity index (χ3n) is 4.57. The van der Waals surface area contributed by atoms with Crippen LogP contribution in [0.3, 0.4) is 0 Å². The highest BCUT2D eigenvalue weighted by Gasteiger charge is 2.25. The Balaban J connectivity index is 1.71. The zero-order valence-corrected chi connectivity index (χ0v) is 18.1. The van der Waals surface area contributed by atoms with Gasteiger partial charge < -0.3 is 25.8 Å². The molecule has 1 aliphatic rings. The number of hydrogen-bond donors (Lipinski definition) is 3. The Hall–Kier alpha value is -3.04. The molecular formula is C21H27N7OS. The van der Waals surface area contributed by atoms with Crippen LogP contribution in [0, 0.1) is 0 Å². The molecule has 0 spiro atoms. The first-order chi connectivity index (χ1) is 14.4. The fraction of sp³-hybridized carbons (Fsp3) is 0.333. The second-order valence-electron chi connectivity index (χ2n) is 7.42. The Bertz CT molecular complexity index is 903. The smallest absolute Gasteiger partial charge is 0.246 e. The van der Waals surface area contributed by atoms with Crippen LogP contribution in [0.25, 0.3) is 0 Å². The van der Waals surface area contributed by atoms with Crippen molar-refractivity contribution < 1.29 is 4.79 Å². The number of hydrogen-bond acceptors (Lipinski definition) is 6. The first-order valence-electron chi connectivity index (χ1n) is 9.74. The number of thiocarbonyl (C=S) groups is 1. The Kier molecular flexibility index (Phi) is 7.31. The number of carbonyl (C=O) groups is 1. The number of nitrogens with one attached hydrogen (secondary N) is 3. The van der Waals surface area contributed by atoms with Crippen LogP contribution in [0.4, 0.5) is 17.3 Å². The summed E-state index contributed by atoms with van der Waals surface area (Å²) in [5.74, 6) is 1.36. The fourth-order valence-electron chi connectivity index (χ4n) is 3.31. The van der Waals surface area contributed by atoms with Crippen molar-refractivity contribution in [3.63, 3.8) is 0 Å². The Morgan fingerprint density at radius 3 is 2.87 bits per heavy atom. The molecule has 2 aromatic rings. The van der Waals surface area contributed by atoms with E-state index in [4.69, 9.17) is 12.2 Å². The zero-order chi connectivity index (χ0) is 21.5. The molecule has 9 heteroatoms. The largest absolute Gasteiger partial charge is 0.365 e. The van der Waals surface area contributed by atoms with Crippen molar-refractivity contribution in [3.05, 3.63) is 54.9 Å². The third kappa shape index (κ3) is 6.23. The van der Waals surface area contributed by atoms with Gasteiger partial charge in [0.05, 0.1) is 11.9 Å². The number of pyridine rings is 2. The number of likely N-dealkylation sites (tertiary alicyclic amines) is 1. The monoisotopic (exact) mass is 425 g/mol. The van der Waals surface area contributed by atoms with Crippen LogP contribution >= 0.6 is 12.2 Å². The third-order valence-corrected chi connectivity index (χ3v) is 4.78. The average Bonchev–Trinajstić information content (AvgIpc) is 3.15. The van der Waals surface area contributed by atoms with Crippen molar-refractivity contribution in [1.82, 2.24) is 19.8 Å². The molecule has 0 unspecified atom stereocenters. The van der Waals surface area contributed by atoms with Crippen LogP contribution in [0.1, 0.15) is 12.0 Å². The number of anilines is 3. The lowest BCUT2D eigenvalue weighted by atomic mass is 10.2. The minimum atomic E-state index is -0.0391. The zero-order valence-electron chi connectivity index (χ0n) is 17.3. The van der Waals surface area contributed by atoms with Gasteiger partial charge in [0.15, 0.2) is 5.11 Å². The Labute approximate surface area is 182 Å². The van der Waals surface area contributed by atoms with E-state index in [1.807, 2.05) is 38.4 Å². The van der Waals surface area contributed by atoms with Crippen molar-refractivity contribution in [2.75, 3.05) is 43.1 Å². The van der Waals surface area contributed by atoms with Gasteiger partial charge in [0.2, 0.25) is 5.91 Å². The molecule has 1 fully saturated rings. The highest BCUT2D eigenvalue weighted by atomic mass is 32.1. The fourth-order valence-corrected chi connectivity index (χ4v) is 3.54. The molecular weight excluding hydrogens is 398 g/mol. The molecule has 1 aliphatic heterocycles. The SMILES string of the molecule is C=CC(=O)N1CC[C@H](Nc2cc(CN(C)C)cc(NC(=S)Nc3cccnc3)n2)C1. The van der Waals surface area contributed by atoms with E-state index in [2.05, 4.69) is 37.4 Å². The summed E-state index contributed by atoms with van der Waals surface area (Å²) in [6, 6.07) is 7.88. The summed E-state index contributed by atoms with van der Waals surface area (Å²) in [4.78, 5) is 24.5. The van der Waals surface area contributed by atoms with E-state index in [0.717, 1.165) is 30.0 Å². The highest BCUT2D eigenvalue weighted by Crippen LogP contribution is 2.20. The lowest BCUT2D eigenvalue weighted by Crippen LogP contribution is -2.30. The number of rotatable bonds is 7. The summed E-state index contributed by atoms with van der Waals surface area (Å²) < 4.78 is 0. The molecule has 1 amide bonds.